The summed E-state index contributed by atoms with van der Waals surface area (Å²) in [7, 11) is 0. The van der Waals surface area contributed by atoms with Crippen LogP contribution in [0.25, 0.3) is 0 Å². The zero-order chi connectivity index (χ0) is 14.4. The number of hydrogen-bond acceptors (Lipinski definition) is 2. The summed E-state index contributed by atoms with van der Waals surface area (Å²) in [5.41, 5.74) is 5.08. The molecule has 1 nitrogen and oxygen atoms in total. The van der Waals surface area contributed by atoms with E-state index in [0.29, 0.717) is 0 Å². The van der Waals surface area contributed by atoms with E-state index in [4.69, 9.17) is 5.73 Å². The first-order chi connectivity index (χ1) is 8.16. The summed E-state index contributed by atoms with van der Waals surface area (Å²) in [4.78, 5) is 0. The Morgan fingerprint density at radius 1 is 0.833 bits per heavy atom. The number of nitrogens with two attached hydrogens (primary N) is 1. The molecule has 2 N–H and O–H groups in total. The molecule has 0 atom stereocenters. The third kappa shape index (κ3) is 119. The normalized spacial score (nSPS) is 7.33. The first-order valence-corrected chi connectivity index (χ1v) is 7.76. The van der Waals surface area contributed by atoms with Crippen LogP contribution in [0.3, 0.4) is 0 Å². The zero-order valence-electron chi connectivity index (χ0n) is 13.0. The third-order valence-corrected chi connectivity index (χ3v) is 1.85. The molecule has 8 radical (unpaired) electrons. The molecule has 0 unspecified atom stereocenters. The van der Waals surface area contributed by atoms with Crippen molar-refractivity contribution in [2.45, 2.75) is 59.3 Å². The van der Waals surface area contributed by atoms with Crippen molar-refractivity contribution in [2.75, 3.05) is 12.3 Å². The van der Waals surface area contributed by atoms with Crippen LogP contribution in [0.4, 0.5) is 0 Å². The van der Waals surface area contributed by atoms with Gasteiger partial charge < -0.3 is 5.73 Å². The van der Waals surface area contributed by atoms with Gasteiger partial charge in [-0.1, -0.05) is 80.1 Å². The van der Waals surface area contributed by atoms with Crippen molar-refractivity contribution < 1.29 is 0 Å². The fourth-order valence-corrected chi connectivity index (χ4v) is 0.250. The van der Waals surface area contributed by atoms with E-state index in [0.717, 1.165) is 31.6 Å². The Hall–Kier alpha value is 1.11. The summed E-state index contributed by atoms with van der Waals surface area (Å²) in [5.74, 6) is 0.972. The summed E-state index contributed by atoms with van der Waals surface area (Å²) < 4.78 is 0. The molecule has 0 aliphatic carbocycles. The molecule has 110 valence electrons. The van der Waals surface area contributed by atoms with E-state index in [-0.39, 0.29) is 23.9 Å². The van der Waals surface area contributed by atoms with Crippen LogP contribution in [0.15, 0.2) is 0 Å². The van der Waals surface area contributed by atoms with Gasteiger partial charge in [-0.25, -0.2) is 0 Å². The van der Waals surface area contributed by atoms with E-state index < -0.39 is 0 Å². The second kappa shape index (κ2) is 51.9. The Bertz CT molecular complexity index is 56.0. The fraction of sp³-hybridized carbons (Fsp3) is 0.733. The van der Waals surface area contributed by atoms with E-state index in [2.05, 4.69) is 47.8 Å². The number of rotatable bonds is 5. The van der Waals surface area contributed by atoms with Gasteiger partial charge in [-0.2, -0.15) is 11.8 Å². The van der Waals surface area contributed by atoms with E-state index >= 15 is 0 Å². The van der Waals surface area contributed by atoms with E-state index in [9.17, 15) is 0 Å². The smallest absolute Gasteiger partial charge is 0.00561 e. The Kier molecular flexibility index (Phi) is 90.7. The van der Waals surface area contributed by atoms with Crippen molar-refractivity contribution in [3.8, 4) is 0 Å². The predicted molar refractivity (Wildman–Crippen MR) is 93.4 cm³/mol. The van der Waals surface area contributed by atoms with Crippen LogP contribution in [0.2, 0.25) is 0 Å². The molecule has 0 amide bonds. The van der Waals surface area contributed by atoms with Gasteiger partial charge in [-0.05, 0) is 0 Å². The Morgan fingerprint density at radius 2 is 1.06 bits per heavy atom. The first-order valence-electron chi connectivity index (χ1n) is 6.61. The molecule has 0 saturated heterocycles. The van der Waals surface area contributed by atoms with Crippen molar-refractivity contribution in [3.05, 3.63) is 27.0 Å². The van der Waals surface area contributed by atoms with Crippen molar-refractivity contribution in [3.63, 3.8) is 0 Å². The quantitative estimate of drug-likeness (QED) is 0.683. The minimum Gasteiger partial charge on any atom is -0.330 e. The standard InChI is InChI=1S/3C4H9.C3H8NS.Sn/c3*1-3-4-2;1-5-3-2-4;/h3*1,3-4H2,2H3;1-4H2;. The second-order valence-electron chi connectivity index (χ2n) is 3.26. The van der Waals surface area contributed by atoms with E-state index in [1.807, 2.05) is 0 Å². The zero-order valence-corrected chi connectivity index (χ0v) is 16.6. The van der Waals surface area contributed by atoms with Gasteiger partial charge in [0.1, 0.15) is 0 Å². The van der Waals surface area contributed by atoms with Crippen LogP contribution in [-0.2, 0) is 0 Å². The van der Waals surface area contributed by atoms with Gasteiger partial charge in [0, 0.05) is 42.5 Å². The molecule has 0 bridgehead atoms. The third-order valence-electron chi connectivity index (χ3n) is 1.32. The Balaban J connectivity index is -0.0000000412. The van der Waals surface area contributed by atoms with Crippen LogP contribution in [0, 0.1) is 27.0 Å². The molecular formula is C15H35NSSn. The summed E-state index contributed by atoms with van der Waals surface area (Å²) >= 11 is 1.53. The fourth-order valence-electron chi connectivity index (χ4n) is 0.0833. The predicted octanol–water partition coefficient (Wildman–Crippen LogP) is 4.95. The molecule has 18 heavy (non-hydrogen) atoms. The number of hydrogen-bond donors (Lipinski definition) is 1. The van der Waals surface area contributed by atoms with Crippen molar-refractivity contribution in [1.82, 2.24) is 0 Å². The maximum atomic E-state index is 5.08. The molecular weight excluding hydrogens is 345 g/mol. The van der Waals surface area contributed by atoms with Gasteiger partial charge in [0.05, 0.1) is 0 Å². The molecule has 0 heterocycles. The van der Waals surface area contributed by atoms with Crippen LogP contribution in [0.1, 0.15) is 59.3 Å². The van der Waals surface area contributed by atoms with E-state index in [1.165, 1.54) is 31.0 Å². The van der Waals surface area contributed by atoms with Gasteiger partial charge in [0.25, 0.3) is 0 Å². The summed E-state index contributed by atoms with van der Waals surface area (Å²) in [6.45, 7) is 17.9. The van der Waals surface area contributed by atoms with Gasteiger partial charge in [0.2, 0.25) is 0 Å². The average molecular weight is 380 g/mol. The van der Waals surface area contributed by atoms with Gasteiger partial charge in [-0.15, -0.1) is 0 Å². The topological polar surface area (TPSA) is 26.0 Å². The maximum absolute atomic E-state index is 5.08. The van der Waals surface area contributed by atoms with Crippen LogP contribution in [0.5, 0.6) is 0 Å². The summed E-state index contributed by atoms with van der Waals surface area (Å²) in [5, 5.41) is 0. The second-order valence-corrected chi connectivity index (χ2v) is 4.07. The molecule has 0 saturated carbocycles. The monoisotopic (exact) mass is 381 g/mol. The minimum absolute atomic E-state index is 0. The molecule has 0 aromatic heterocycles. The summed E-state index contributed by atoms with van der Waals surface area (Å²) in [6, 6.07) is 0. The Morgan fingerprint density at radius 3 is 1.06 bits per heavy atom. The molecule has 0 aliphatic heterocycles. The number of thioether (sulfide) groups is 1. The first kappa shape index (κ1) is 31.5. The molecule has 3 heteroatoms. The maximum Gasteiger partial charge on any atom is 0.00561 e. The van der Waals surface area contributed by atoms with Gasteiger partial charge in [0.15, 0.2) is 0 Å². The molecule has 0 aliphatic rings. The van der Waals surface area contributed by atoms with Crippen molar-refractivity contribution >= 4 is 35.7 Å². The average Bonchev–Trinajstić information content (AvgIpc) is 2.40. The minimum atomic E-state index is 0. The van der Waals surface area contributed by atoms with E-state index in [1.54, 1.807) is 0 Å². The molecule has 0 rings (SSSR count). The Labute approximate surface area is 139 Å². The van der Waals surface area contributed by atoms with Crippen LogP contribution in [-0.4, -0.2) is 36.2 Å². The van der Waals surface area contributed by atoms with Gasteiger partial charge in [-0.3, -0.25) is 0 Å². The largest absolute Gasteiger partial charge is 0.330 e. The van der Waals surface area contributed by atoms with Crippen LogP contribution >= 0.6 is 11.8 Å². The van der Waals surface area contributed by atoms with Crippen LogP contribution < -0.4 is 5.73 Å². The molecule has 0 aromatic rings. The molecule has 0 aromatic carbocycles. The van der Waals surface area contributed by atoms with Crippen molar-refractivity contribution in [1.29, 1.82) is 0 Å². The molecule has 0 fully saturated rings. The summed E-state index contributed by atoms with van der Waals surface area (Å²) in [6.07, 6.45) is 10.3. The van der Waals surface area contributed by atoms with Gasteiger partial charge >= 0.3 is 0 Å². The molecule has 0 spiro atoms. The SMILES string of the molecule is [CH2]CCC.[CH2]CCC.[CH2]CCC.[CH2]SCCN.[Sn]. The number of unbranched alkanes of at least 4 members (excludes halogenated alkanes) is 3. The van der Waals surface area contributed by atoms with Crippen molar-refractivity contribution in [2.24, 2.45) is 5.73 Å².